The number of hydrogen-bond acceptors (Lipinski definition) is 6. The van der Waals surface area contributed by atoms with Gasteiger partial charge in [0, 0.05) is 17.9 Å². The lowest BCUT2D eigenvalue weighted by Gasteiger charge is -2.12. The highest BCUT2D eigenvalue weighted by Crippen LogP contribution is 2.33. The zero-order chi connectivity index (χ0) is 17.3. The third-order valence-corrected chi connectivity index (χ3v) is 4.55. The first-order chi connectivity index (χ1) is 11.5. The number of aryl methyl sites for hydroxylation is 1. The number of carbonyl (C=O) groups excluding carboxylic acids is 1. The molecule has 1 N–H and O–H groups in total. The Morgan fingerprint density at radius 3 is 2.83 bits per heavy atom. The van der Waals surface area contributed by atoms with Crippen molar-refractivity contribution in [1.82, 2.24) is 19.8 Å². The summed E-state index contributed by atoms with van der Waals surface area (Å²) >= 11 is 1.46. The number of benzene rings is 1. The van der Waals surface area contributed by atoms with Gasteiger partial charge in [0.25, 0.3) is 0 Å². The van der Waals surface area contributed by atoms with Crippen molar-refractivity contribution in [2.75, 3.05) is 12.4 Å². The highest BCUT2D eigenvalue weighted by Gasteiger charge is 2.15. The van der Waals surface area contributed by atoms with Crippen LogP contribution >= 0.6 is 11.3 Å². The molecular formula is C16H19N5O2S. The maximum absolute atomic E-state index is 12.0. The van der Waals surface area contributed by atoms with Crippen molar-refractivity contribution in [2.45, 2.75) is 27.2 Å². The van der Waals surface area contributed by atoms with E-state index in [-0.39, 0.29) is 11.8 Å². The number of fused-ring (bicyclic) bond motifs is 1. The predicted molar refractivity (Wildman–Crippen MR) is 93.5 cm³/mol. The van der Waals surface area contributed by atoms with E-state index in [1.54, 1.807) is 11.6 Å². The molecule has 1 aromatic carbocycles. The molecule has 0 bridgehead atoms. The van der Waals surface area contributed by atoms with E-state index >= 15 is 0 Å². The van der Waals surface area contributed by atoms with Gasteiger partial charge in [-0.25, -0.2) is 0 Å². The first-order valence-electron chi connectivity index (χ1n) is 7.73. The number of ether oxygens (including phenoxy) is 1. The van der Waals surface area contributed by atoms with E-state index in [9.17, 15) is 4.79 Å². The lowest BCUT2D eigenvalue weighted by Crippen LogP contribution is -2.18. The minimum atomic E-state index is -0.111. The van der Waals surface area contributed by atoms with Crippen molar-refractivity contribution in [3.63, 3.8) is 0 Å². The van der Waals surface area contributed by atoms with Gasteiger partial charge < -0.3 is 10.1 Å². The lowest BCUT2D eigenvalue weighted by atomic mass is 10.1. The van der Waals surface area contributed by atoms with Crippen LogP contribution in [0, 0.1) is 5.92 Å². The largest absolute Gasteiger partial charge is 0.495 e. The second-order valence-corrected chi connectivity index (χ2v) is 6.59. The Morgan fingerprint density at radius 2 is 2.17 bits per heavy atom. The third-order valence-electron chi connectivity index (χ3n) is 3.60. The van der Waals surface area contributed by atoms with Gasteiger partial charge in [-0.15, -0.1) is 10.2 Å². The third kappa shape index (κ3) is 2.96. The van der Waals surface area contributed by atoms with Gasteiger partial charge in [0.05, 0.1) is 12.8 Å². The fourth-order valence-electron chi connectivity index (χ4n) is 2.21. The first kappa shape index (κ1) is 16.4. The minimum absolute atomic E-state index is 0.0585. The number of nitrogens with zero attached hydrogens (tertiary/aromatic N) is 4. The van der Waals surface area contributed by atoms with Gasteiger partial charge in [0.15, 0.2) is 5.82 Å². The molecule has 1 amide bonds. The minimum Gasteiger partial charge on any atom is -0.495 e. The monoisotopic (exact) mass is 345 g/mol. The van der Waals surface area contributed by atoms with Crippen LogP contribution in [-0.2, 0) is 11.2 Å². The van der Waals surface area contributed by atoms with Crippen molar-refractivity contribution >= 4 is 27.9 Å². The molecule has 0 unspecified atom stereocenters. The van der Waals surface area contributed by atoms with Crippen molar-refractivity contribution in [3.8, 4) is 16.3 Å². The fraction of sp³-hybridized carbons (Fsp3) is 0.375. The van der Waals surface area contributed by atoms with E-state index in [0.29, 0.717) is 11.4 Å². The summed E-state index contributed by atoms with van der Waals surface area (Å²) in [5, 5.41) is 16.5. The van der Waals surface area contributed by atoms with Crippen LogP contribution in [0.2, 0.25) is 0 Å². The summed E-state index contributed by atoms with van der Waals surface area (Å²) in [6, 6.07) is 5.62. The Hall–Kier alpha value is -2.48. The molecule has 2 aromatic heterocycles. The molecule has 0 saturated carbocycles. The Kier molecular flexibility index (Phi) is 4.48. The molecule has 7 nitrogen and oxygen atoms in total. The molecule has 3 aromatic rings. The number of carbonyl (C=O) groups is 1. The lowest BCUT2D eigenvalue weighted by molar-refractivity contribution is -0.118. The zero-order valence-corrected chi connectivity index (χ0v) is 14.8. The highest BCUT2D eigenvalue weighted by atomic mass is 32.1. The Bertz CT molecular complexity index is 884. The van der Waals surface area contributed by atoms with E-state index in [0.717, 1.165) is 27.8 Å². The van der Waals surface area contributed by atoms with Crippen LogP contribution in [0.15, 0.2) is 18.2 Å². The van der Waals surface area contributed by atoms with Crippen LogP contribution in [0.3, 0.4) is 0 Å². The quantitative estimate of drug-likeness (QED) is 0.769. The van der Waals surface area contributed by atoms with Crippen molar-refractivity contribution in [1.29, 1.82) is 0 Å². The maximum atomic E-state index is 12.0. The van der Waals surface area contributed by atoms with Gasteiger partial charge >= 0.3 is 0 Å². The number of anilines is 1. The summed E-state index contributed by atoms with van der Waals surface area (Å²) in [6.45, 7) is 5.71. The molecule has 0 radical (unpaired) electrons. The molecule has 0 fully saturated rings. The molecule has 0 aliphatic heterocycles. The molecule has 0 aliphatic rings. The average Bonchev–Trinajstić information content (AvgIpc) is 3.14. The Balaban J connectivity index is 2.00. The molecule has 0 atom stereocenters. The van der Waals surface area contributed by atoms with E-state index in [4.69, 9.17) is 4.74 Å². The van der Waals surface area contributed by atoms with Crippen LogP contribution in [0.4, 0.5) is 5.69 Å². The number of amides is 1. The number of rotatable bonds is 5. The number of aromatic nitrogens is 4. The molecular weight excluding hydrogens is 326 g/mol. The van der Waals surface area contributed by atoms with Crippen molar-refractivity contribution in [3.05, 3.63) is 24.0 Å². The number of nitrogens with one attached hydrogen (secondary N) is 1. The zero-order valence-electron chi connectivity index (χ0n) is 14.0. The van der Waals surface area contributed by atoms with Gasteiger partial charge in [0.2, 0.25) is 10.9 Å². The molecule has 0 aliphatic carbocycles. The van der Waals surface area contributed by atoms with Crippen LogP contribution < -0.4 is 10.1 Å². The smallest absolute Gasteiger partial charge is 0.234 e. The second-order valence-electron chi connectivity index (χ2n) is 5.63. The Morgan fingerprint density at radius 1 is 1.38 bits per heavy atom. The van der Waals surface area contributed by atoms with Crippen molar-refractivity contribution < 1.29 is 9.53 Å². The summed E-state index contributed by atoms with van der Waals surface area (Å²) in [6.07, 6.45) is 0.767. The van der Waals surface area contributed by atoms with Gasteiger partial charge in [-0.05, 0) is 18.2 Å². The summed E-state index contributed by atoms with van der Waals surface area (Å²) in [4.78, 5) is 12.8. The molecule has 8 heteroatoms. The standard InChI is InChI=1S/C16H19N5O2S/c1-5-13-18-19-16-21(13)20-15(24-16)10-6-7-12(23-4)11(8-10)17-14(22)9(2)3/h6-9H,5H2,1-4H3,(H,17,22). The van der Waals surface area contributed by atoms with Crippen LogP contribution in [-0.4, -0.2) is 32.8 Å². The van der Waals surface area contributed by atoms with Gasteiger partial charge in [0.1, 0.15) is 10.8 Å². The summed E-state index contributed by atoms with van der Waals surface area (Å²) in [5.74, 6) is 1.27. The van der Waals surface area contributed by atoms with Crippen molar-refractivity contribution in [2.24, 2.45) is 5.92 Å². The fourth-order valence-corrected chi connectivity index (χ4v) is 3.06. The molecule has 126 valence electrons. The summed E-state index contributed by atoms with van der Waals surface area (Å²) in [5.41, 5.74) is 1.53. The molecule has 2 heterocycles. The van der Waals surface area contributed by atoms with E-state index in [1.165, 1.54) is 11.3 Å². The van der Waals surface area contributed by atoms with Crippen LogP contribution in [0.25, 0.3) is 15.5 Å². The molecule has 0 saturated heterocycles. The van der Waals surface area contributed by atoms with E-state index in [2.05, 4.69) is 20.6 Å². The van der Waals surface area contributed by atoms with Gasteiger partial charge in [-0.2, -0.15) is 9.61 Å². The highest BCUT2D eigenvalue weighted by molar-refractivity contribution is 7.19. The summed E-state index contributed by atoms with van der Waals surface area (Å²) < 4.78 is 7.10. The van der Waals surface area contributed by atoms with Gasteiger partial charge in [-0.1, -0.05) is 32.1 Å². The van der Waals surface area contributed by atoms with Crippen LogP contribution in [0.1, 0.15) is 26.6 Å². The predicted octanol–water partition coefficient (Wildman–Crippen LogP) is 3.02. The molecule has 3 rings (SSSR count). The molecule has 24 heavy (non-hydrogen) atoms. The number of methoxy groups -OCH3 is 1. The van der Waals surface area contributed by atoms with E-state index < -0.39 is 0 Å². The van der Waals surface area contributed by atoms with E-state index in [1.807, 2.05) is 39.0 Å². The molecule has 0 spiro atoms. The SMILES string of the molecule is CCc1nnc2sc(-c3ccc(OC)c(NC(=O)C(C)C)c3)nn12. The first-order valence-corrected chi connectivity index (χ1v) is 8.55. The second kappa shape index (κ2) is 6.56. The summed E-state index contributed by atoms with van der Waals surface area (Å²) in [7, 11) is 1.58. The average molecular weight is 345 g/mol. The maximum Gasteiger partial charge on any atom is 0.234 e. The normalized spacial score (nSPS) is 11.2. The van der Waals surface area contributed by atoms with Gasteiger partial charge in [-0.3, -0.25) is 4.79 Å². The topological polar surface area (TPSA) is 81.4 Å². The number of hydrogen-bond donors (Lipinski definition) is 1. The Labute approximate surface area is 143 Å². The van der Waals surface area contributed by atoms with Crippen LogP contribution in [0.5, 0.6) is 5.75 Å².